The lowest BCUT2D eigenvalue weighted by Crippen LogP contribution is -2.34. The van der Waals surface area contributed by atoms with Gasteiger partial charge >= 0.3 is 5.56 Å². The molecular weight excluding hydrogens is 248 g/mol. The fraction of sp³-hybridized carbons (Fsp3) is 0.583. The molecule has 0 aliphatic heterocycles. The molecule has 7 nitrogen and oxygen atoms in total. The molecule has 106 valence electrons. The van der Waals surface area contributed by atoms with E-state index >= 15 is 0 Å². The van der Waals surface area contributed by atoms with E-state index in [9.17, 15) is 14.4 Å². The minimum atomic E-state index is -0.682. The zero-order chi connectivity index (χ0) is 14.4. The van der Waals surface area contributed by atoms with Gasteiger partial charge in [0.1, 0.15) is 0 Å². The molecule has 1 aromatic heterocycles. The molecule has 0 aliphatic rings. The molecule has 0 atom stereocenters. The van der Waals surface area contributed by atoms with Crippen LogP contribution in [0, 0.1) is 0 Å². The number of aromatic nitrogens is 2. The third-order valence-corrected chi connectivity index (χ3v) is 2.78. The van der Waals surface area contributed by atoms with Crippen molar-refractivity contribution in [3.8, 4) is 0 Å². The number of carbonyl (C=O) groups excluding carboxylic acids is 1. The van der Waals surface area contributed by atoms with Crippen LogP contribution < -0.4 is 11.0 Å². The Hall–Kier alpha value is -1.89. The summed E-state index contributed by atoms with van der Waals surface area (Å²) in [6, 6.07) is 1.23. The highest BCUT2D eigenvalue weighted by molar-refractivity contribution is 5.76. The number of nitrogens with one attached hydrogen (secondary N) is 2. The maximum atomic E-state index is 11.8. The van der Waals surface area contributed by atoms with Gasteiger partial charge in [-0.15, -0.1) is 0 Å². The maximum absolute atomic E-state index is 11.8. The average Bonchev–Trinajstić information content (AvgIpc) is 2.36. The van der Waals surface area contributed by atoms with E-state index in [4.69, 9.17) is 0 Å². The molecule has 1 amide bonds. The second-order valence-corrected chi connectivity index (χ2v) is 4.73. The number of H-pyrrole nitrogens is 2. The van der Waals surface area contributed by atoms with Gasteiger partial charge in [0, 0.05) is 38.3 Å². The van der Waals surface area contributed by atoms with Gasteiger partial charge in [0.05, 0.1) is 0 Å². The first kappa shape index (κ1) is 15.2. The van der Waals surface area contributed by atoms with Crippen molar-refractivity contribution < 1.29 is 4.79 Å². The van der Waals surface area contributed by atoms with E-state index in [2.05, 4.69) is 10.2 Å². The molecule has 0 fully saturated rings. The molecule has 0 unspecified atom stereocenters. The Morgan fingerprint density at radius 2 is 1.84 bits per heavy atom. The predicted octanol–water partition coefficient (Wildman–Crippen LogP) is -0.984. The molecule has 2 N–H and O–H groups in total. The van der Waals surface area contributed by atoms with E-state index in [0.29, 0.717) is 25.1 Å². The van der Waals surface area contributed by atoms with Crippen molar-refractivity contribution in [2.24, 2.45) is 0 Å². The summed E-state index contributed by atoms with van der Waals surface area (Å²) in [5, 5.41) is 4.84. The standard InChI is InChI=1S/C12H20N4O3/c1-15(2)6-7-16(3)11(18)5-4-9-8-10(17)12(19)14-13-9/h8H,4-7H2,1-3H3,(H,13,17)(H,14,19). The monoisotopic (exact) mass is 268 g/mol. The third-order valence-electron chi connectivity index (χ3n) is 2.78. The lowest BCUT2D eigenvalue weighted by Gasteiger charge is -2.19. The predicted molar refractivity (Wildman–Crippen MR) is 72.2 cm³/mol. The third kappa shape index (κ3) is 5.09. The van der Waals surface area contributed by atoms with Crippen LogP contribution in [0.25, 0.3) is 0 Å². The number of aryl methyl sites for hydroxylation is 1. The smallest absolute Gasteiger partial charge is 0.310 e. The highest BCUT2D eigenvalue weighted by Crippen LogP contribution is 1.98. The van der Waals surface area contributed by atoms with Crippen molar-refractivity contribution in [1.82, 2.24) is 20.0 Å². The van der Waals surface area contributed by atoms with Gasteiger partial charge in [0.15, 0.2) is 0 Å². The van der Waals surface area contributed by atoms with Crippen LogP contribution in [-0.4, -0.2) is 60.1 Å². The van der Waals surface area contributed by atoms with E-state index in [1.807, 2.05) is 19.0 Å². The Balaban J connectivity index is 2.47. The average molecular weight is 268 g/mol. The summed E-state index contributed by atoms with van der Waals surface area (Å²) < 4.78 is 0. The molecule has 0 aromatic carbocycles. The molecule has 0 saturated heterocycles. The van der Waals surface area contributed by atoms with Crippen LogP contribution in [0.4, 0.5) is 0 Å². The minimum absolute atomic E-state index is 0.00824. The Morgan fingerprint density at radius 1 is 1.16 bits per heavy atom. The number of amides is 1. The number of nitrogens with zero attached hydrogens (tertiary/aromatic N) is 2. The second-order valence-electron chi connectivity index (χ2n) is 4.73. The molecule has 0 radical (unpaired) electrons. The van der Waals surface area contributed by atoms with Crippen molar-refractivity contribution in [2.75, 3.05) is 34.2 Å². The molecule has 7 heteroatoms. The molecular formula is C12H20N4O3. The molecule has 0 aliphatic carbocycles. The molecule has 1 aromatic rings. The Morgan fingerprint density at radius 3 is 2.42 bits per heavy atom. The molecule has 0 saturated carbocycles. The number of likely N-dealkylation sites (N-methyl/N-ethyl adjacent to an activating group) is 2. The summed E-state index contributed by atoms with van der Waals surface area (Å²) >= 11 is 0. The fourth-order valence-electron chi connectivity index (χ4n) is 1.50. The summed E-state index contributed by atoms with van der Waals surface area (Å²) in [7, 11) is 5.65. The van der Waals surface area contributed by atoms with E-state index in [-0.39, 0.29) is 5.91 Å². The number of hydrogen-bond donors (Lipinski definition) is 2. The molecule has 1 rings (SSSR count). The largest absolute Gasteiger partial charge is 0.344 e. The van der Waals surface area contributed by atoms with Gasteiger partial charge in [-0.2, -0.15) is 0 Å². The Kier molecular flexibility index (Phi) is 5.50. The molecule has 19 heavy (non-hydrogen) atoms. The molecule has 1 heterocycles. The van der Waals surface area contributed by atoms with Crippen LogP contribution in [-0.2, 0) is 11.2 Å². The molecule has 0 bridgehead atoms. The lowest BCUT2D eigenvalue weighted by atomic mass is 10.2. The van der Waals surface area contributed by atoms with E-state index in [0.717, 1.165) is 6.54 Å². The summed E-state index contributed by atoms with van der Waals surface area (Å²) in [5.74, 6) is 0.00824. The van der Waals surface area contributed by atoms with Gasteiger partial charge in [-0.05, 0) is 20.5 Å². The highest BCUT2D eigenvalue weighted by Gasteiger charge is 2.09. The van der Waals surface area contributed by atoms with Crippen LogP contribution >= 0.6 is 0 Å². The number of carbonyl (C=O) groups is 1. The SMILES string of the molecule is CN(C)CCN(C)C(=O)CCc1cc(=O)c(=O)[nH][nH]1. The van der Waals surface area contributed by atoms with Crippen LogP contribution in [0.1, 0.15) is 12.1 Å². The summed E-state index contributed by atoms with van der Waals surface area (Å²) in [4.78, 5) is 37.5. The lowest BCUT2D eigenvalue weighted by molar-refractivity contribution is -0.130. The van der Waals surface area contributed by atoms with Gasteiger partial charge < -0.3 is 14.9 Å². The van der Waals surface area contributed by atoms with Crippen LogP contribution in [0.5, 0.6) is 0 Å². The first-order valence-electron chi connectivity index (χ1n) is 6.09. The van der Waals surface area contributed by atoms with Crippen molar-refractivity contribution in [3.63, 3.8) is 0 Å². The van der Waals surface area contributed by atoms with Gasteiger partial charge in [0.2, 0.25) is 11.3 Å². The van der Waals surface area contributed by atoms with Gasteiger partial charge in [-0.3, -0.25) is 19.5 Å². The normalized spacial score (nSPS) is 10.7. The zero-order valence-corrected chi connectivity index (χ0v) is 11.5. The van der Waals surface area contributed by atoms with E-state index in [1.165, 1.54) is 6.07 Å². The topological polar surface area (TPSA) is 89.3 Å². The number of hydrogen-bond acceptors (Lipinski definition) is 4. The van der Waals surface area contributed by atoms with Crippen LogP contribution in [0.15, 0.2) is 15.7 Å². The molecule has 0 spiro atoms. The Bertz CT molecular complexity index is 532. The quantitative estimate of drug-likeness (QED) is 0.649. The van der Waals surface area contributed by atoms with Crippen molar-refractivity contribution in [2.45, 2.75) is 12.8 Å². The first-order valence-corrected chi connectivity index (χ1v) is 6.09. The summed E-state index contributed by atoms with van der Waals surface area (Å²) in [6.45, 7) is 1.46. The van der Waals surface area contributed by atoms with Gasteiger partial charge in [-0.25, -0.2) is 0 Å². The minimum Gasteiger partial charge on any atom is -0.344 e. The number of aromatic amines is 2. The highest BCUT2D eigenvalue weighted by atomic mass is 16.2. The van der Waals surface area contributed by atoms with E-state index in [1.54, 1.807) is 11.9 Å². The second kappa shape index (κ2) is 6.89. The fourth-order valence-corrected chi connectivity index (χ4v) is 1.50. The van der Waals surface area contributed by atoms with Crippen molar-refractivity contribution in [3.05, 3.63) is 32.3 Å². The van der Waals surface area contributed by atoms with Crippen molar-refractivity contribution >= 4 is 5.91 Å². The van der Waals surface area contributed by atoms with Crippen LogP contribution in [0.2, 0.25) is 0 Å². The van der Waals surface area contributed by atoms with Gasteiger partial charge in [0.25, 0.3) is 0 Å². The summed E-state index contributed by atoms with van der Waals surface area (Å²) in [5.41, 5.74) is -0.723. The zero-order valence-electron chi connectivity index (χ0n) is 11.5. The summed E-state index contributed by atoms with van der Waals surface area (Å²) in [6.07, 6.45) is 0.697. The first-order chi connectivity index (χ1) is 8.90. The number of rotatable bonds is 6. The van der Waals surface area contributed by atoms with E-state index < -0.39 is 11.0 Å². The van der Waals surface area contributed by atoms with Crippen LogP contribution in [0.3, 0.4) is 0 Å². The van der Waals surface area contributed by atoms with Gasteiger partial charge in [-0.1, -0.05) is 0 Å². The van der Waals surface area contributed by atoms with Crippen molar-refractivity contribution in [1.29, 1.82) is 0 Å². The Labute approximate surface area is 111 Å². The maximum Gasteiger partial charge on any atom is 0.310 e.